The van der Waals surface area contributed by atoms with E-state index in [9.17, 15) is 4.79 Å². The highest BCUT2D eigenvalue weighted by Gasteiger charge is 2.00. The van der Waals surface area contributed by atoms with Crippen molar-refractivity contribution in [3.05, 3.63) is 12.4 Å². The van der Waals surface area contributed by atoms with Crippen LogP contribution in [0.25, 0.3) is 0 Å². The number of carbonyl (C=O) groups is 1. The minimum absolute atomic E-state index is 0.0950. The molecule has 0 unspecified atom stereocenters. The molecule has 0 radical (unpaired) electrons. The first kappa shape index (κ1) is 8.54. The second-order valence-electron chi connectivity index (χ2n) is 2.21. The van der Waals surface area contributed by atoms with Crippen molar-refractivity contribution >= 4 is 5.91 Å². The van der Waals surface area contributed by atoms with Gasteiger partial charge in [-0.15, -0.1) is 0 Å². The van der Waals surface area contributed by atoms with Gasteiger partial charge in [0.25, 0.3) is 5.91 Å². The predicted molar refractivity (Wildman–Crippen MR) is 41.0 cm³/mol. The maximum absolute atomic E-state index is 10.6. The minimum atomic E-state index is -0.376. The zero-order valence-corrected chi connectivity index (χ0v) is 6.65. The van der Waals surface area contributed by atoms with Gasteiger partial charge in [-0.3, -0.25) is 14.9 Å². The first-order valence-electron chi connectivity index (χ1n) is 3.33. The van der Waals surface area contributed by atoms with Gasteiger partial charge in [-0.1, -0.05) is 0 Å². The van der Waals surface area contributed by atoms with Crippen LogP contribution < -0.4 is 16.0 Å². The number of nitrogens with two attached hydrogens (primary N) is 1. The number of hydrazine groups is 1. The van der Waals surface area contributed by atoms with Gasteiger partial charge >= 0.3 is 0 Å². The van der Waals surface area contributed by atoms with Crippen LogP contribution in [-0.4, -0.2) is 22.3 Å². The molecule has 0 aromatic carbocycles. The number of nitrogens with zero attached hydrogens (tertiary/aromatic N) is 2. The molecule has 1 aromatic heterocycles. The summed E-state index contributed by atoms with van der Waals surface area (Å²) in [5, 5.41) is 3.85. The molecule has 1 rings (SSSR count). The number of hydrogen-bond acceptors (Lipinski definition) is 4. The van der Waals surface area contributed by atoms with E-state index in [1.165, 1.54) is 6.20 Å². The Morgan fingerprint density at radius 3 is 3.17 bits per heavy atom. The Bertz CT molecular complexity index is 270. The lowest BCUT2D eigenvalue weighted by Crippen LogP contribution is -2.34. The smallest absolute Gasteiger partial charge is 0.271 e. The van der Waals surface area contributed by atoms with Crippen LogP contribution in [0.2, 0.25) is 0 Å². The first-order valence-corrected chi connectivity index (χ1v) is 3.33. The monoisotopic (exact) mass is 170 g/mol. The number of ether oxygens (including phenoxy) is 1. The summed E-state index contributed by atoms with van der Waals surface area (Å²) in [7, 11) is 1.76. The van der Waals surface area contributed by atoms with Crippen molar-refractivity contribution in [3.8, 4) is 5.75 Å². The fraction of sp³-hybridized carbons (Fsp3) is 0.333. The van der Waals surface area contributed by atoms with Crippen molar-refractivity contribution in [2.75, 3.05) is 6.61 Å². The summed E-state index contributed by atoms with van der Waals surface area (Å²) in [6, 6.07) is 0. The van der Waals surface area contributed by atoms with E-state index in [0.717, 1.165) is 0 Å². The summed E-state index contributed by atoms with van der Waals surface area (Å²) < 4.78 is 6.58. The molecular weight excluding hydrogens is 160 g/mol. The number of aromatic nitrogens is 2. The second-order valence-corrected chi connectivity index (χ2v) is 2.21. The van der Waals surface area contributed by atoms with Crippen LogP contribution in [-0.2, 0) is 11.8 Å². The fourth-order valence-corrected chi connectivity index (χ4v) is 0.664. The zero-order chi connectivity index (χ0) is 8.97. The average Bonchev–Trinajstić information content (AvgIpc) is 2.47. The van der Waals surface area contributed by atoms with Crippen molar-refractivity contribution in [2.45, 2.75) is 0 Å². The van der Waals surface area contributed by atoms with Crippen molar-refractivity contribution in [1.82, 2.24) is 15.2 Å². The highest BCUT2D eigenvalue weighted by Crippen LogP contribution is 2.05. The lowest BCUT2D eigenvalue weighted by molar-refractivity contribution is -0.123. The quantitative estimate of drug-likeness (QED) is 0.339. The number of carbonyl (C=O) groups excluding carboxylic acids is 1. The lowest BCUT2D eigenvalue weighted by atomic mass is 10.6. The molecule has 0 bridgehead atoms. The van der Waals surface area contributed by atoms with Crippen LogP contribution in [0.15, 0.2) is 12.4 Å². The van der Waals surface area contributed by atoms with Crippen LogP contribution in [0.5, 0.6) is 5.75 Å². The van der Waals surface area contributed by atoms with E-state index in [2.05, 4.69) is 5.10 Å². The Labute approximate surface area is 69.3 Å². The normalized spacial score (nSPS) is 9.50. The van der Waals surface area contributed by atoms with Crippen LogP contribution >= 0.6 is 0 Å². The van der Waals surface area contributed by atoms with E-state index in [4.69, 9.17) is 10.6 Å². The summed E-state index contributed by atoms with van der Waals surface area (Å²) in [6.45, 7) is -0.0950. The van der Waals surface area contributed by atoms with Gasteiger partial charge in [0.15, 0.2) is 12.4 Å². The first-order chi connectivity index (χ1) is 5.72. The average molecular weight is 170 g/mol. The molecule has 66 valence electrons. The standard InChI is InChI=1S/C6H10N4O2/c1-10-3-5(2-8-10)12-4-6(11)9-7/h2-3H,4,7H2,1H3,(H,9,11). The molecule has 0 atom stereocenters. The Balaban J connectivity index is 2.38. The third kappa shape index (κ3) is 2.24. The Morgan fingerprint density at radius 2 is 2.67 bits per heavy atom. The molecule has 0 fully saturated rings. The van der Waals surface area contributed by atoms with Crippen molar-refractivity contribution in [1.29, 1.82) is 0 Å². The van der Waals surface area contributed by atoms with Gasteiger partial charge in [0.1, 0.15) is 0 Å². The van der Waals surface area contributed by atoms with Gasteiger partial charge < -0.3 is 4.74 Å². The van der Waals surface area contributed by atoms with E-state index >= 15 is 0 Å². The van der Waals surface area contributed by atoms with E-state index in [-0.39, 0.29) is 12.5 Å². The van der Waals surface area contributed by atoms with E-state index in [0.29, 0.717) is 5.75 Å². The summed E-state index contributed by atoms with van der Waals surface area (Å²) in [6.07, 6.45) is 3.17. The largest absolute Gasteiger partial charge is 0.480 e. The van der Waals surface area contributed by atoms with Gasteiger partial charge in [-0.2, -0.15) is 5.10 Å². The predicted octanol–water partition coefficient (Wildman–Crippen LogP) is -1.21. The van der Waals surface area contributed by atoms with Gasteiger partial charge in [0.05, 0.1) is 12.4 Å². The second kappa shape index (κ2) is 3.72. The minimum Gasteiger partial charge on any atom is -0.480 e. The Morgan fingerprint density at radius 1 is 1.92 bits per heavy atom. The molecule has 6 heteroatoms. The third-order valence-corrected chi connectivity index (χ3v) is 1.21. The lowest BCUT2D eigenvalue weighted by Gasteiger charge is -2.00. The van der Waals surface area contributed by atoms with E-state index < -0.39 is 0 Å². The van der Waals surface area contributed by atoms with Gasteiger partial charge in [0, 0.05) is 7.05 Å². The molecule has 0 aliphatic rings. The van der Waals surface area contributed by atoms with Crippen LogP contribution in [0.4, 0.5) is 0 Å². The molecule has 3 N–H and O–H groups in total. The topological polar surface area (TPSA) is 82.2 Å². The number of amides is 1. The molecule has 12 heavy (non-hydrogen) atoms. The van der Waals surface area contributed by atoms with Crippen molar-refractivity contribution < 1.29 is 9.53 Å². The highest BCUT2D eigenvalue weighted by atomic mass is 16.5. The van der Waals surface area contributed by atoms with Crippen molar-refractivity contribution in [3.63, 3.8) is 0 Å². The molecule has 6 nitrogen and oxygen atoms in total. The molecule has 0 aliphatic heterocycles. The molecular formula is C6H10N4O2. The maximum atomic E-state index is 10.6. The van der Waals surface area contributed by atoms with Crippen LogP contribution in [0.3, 0.4) is 0 Å². The zero-order valence-electron chi connectivity index (χ0n) is 6.65. The molecule has 0 aliphatic carbocycles. The van der Waals surface area contributed by atoms with Crippen molar-refractivity contribution in [2.24, 2.45) is 12.9 Å². The highest BCUT2D eigenvalue weighted by molar-refractivity contribution is 5.76. The number of rotatable bonds is 3. The summed E-state index contributed by atoms with van der Waals surface area (Å²) in [4.78, 5) is 10.6. The molecule has 0 saturated heterocycles. The molecule has 0 saturated carbocycles. The summed E-state index contributed by atoms with van der Waals surface area (Å²) in [5.74, 6) is 5.01. The number of aryl methyl sites for hydroxylation is 1. The number of nitrogens with one attached hydrogen (secondary N) is 1. The third-order valence-electron chi connectivity index (χ3n) is 1.21. The molecule has 0 spiro atoms. The van der Waals surface area contributed by atoms with E-state index in [1.807, 2.05) is 5.43 Å². The Kier molecular flexibility index (Phi) is 2.65. The van der Waals surface area contributed by atoms with Crippen LogP contribution in [0.1, 0.15) is 0 Å². The van der Waals surface area contributed by atoms with Gasteiger partial charge in [0.2, 0.25) is 0 Å². The maximum Gasteiger partial charge on any atom is 0.271 e. The van der Waals surface area contributed by atoms with E-state index in [1.54, 1.807) is 17.9 Å². The van der Waals surface area contributed by atoms with Gasteiger partial charge in [-0.05, 0) is 0 Å². The molecule has 1 amide bonds. The molecule has 1 aromatic rings. The summed E-state index contributed by atoms with van der Waals surface area (Å²) in [5.41, 5.74) is 1.95. The summed E-state index contributed by atoms with van der Waals surface area (Å²) >= 11 is 0. The van der Waals surface area contributed by atoms with Crippen LogP contribution in [0, 0.1) is 0 Å². The number of hydrogen-bond donors (Lipinski definition) is 2. The Hall–Kier alpha value is -1.56. The van der Waals surface area contributed by atoms with Gasteiger partial charge in [-0.25, -0.2) is 5.84 Å². The fourth-order valence-electron chi connectivity index (χ4n) is 0.664. The SMILES string of the molecule is Cn1cc(OCC(=O)NN)cn1. The molecule has 1 heterocycles.